The van der Waals surface area contributed by atoms with Crippen LogP contribution >= 0.6 is 0 Å². The van der Waals surface area contributed by atoms with Crippen molar-refractivity contribution >= 4 is 5.91 Å². The van der Waals surface area contributed by atoms with E-state index in [1.807, 2.05) is 26.0 Å². The maximum absolute atomic E-state index is 11.3. The highest BCUT2D eigenvalue weighted by Crippen LogP contribution is 2.19. The third kappa shape index (κ3) is 4.75. The summed E-state index contributed by atoms with van der Waals surface area (Å²) in [5.41, 5.74) is 0.861. The molecular weight excluding hydrogens is 230 g/mol. The van der Waals surface area contributed by atoms with Gasteiger partial charge in [0.15, 0.2) is 6.61 Å². The number of hydrogen-bond donors (Lipinski definition) is 2. The Kier molecular flexibility index (Phi) is 6.22. The maximum Gasteiger partial charge on any atom is 0.257 e. The monoisotopic (exact) mass is 251 g/mol. The van der Waals surface area contributed by atoms with E-state index in [0.29, 0.717) is 18.7 Å². The Morgan fingerprint density at radius 1 is 1.33 bits per heavy atom. The minimum Gasteiger partial charge on any atom is -0.484 e. The fraction of sp³-hybridized carbons (Fsp3) is 0.500. The van der Waals surface area contributed by atoms with E-state index in [2.05, 4.69) is 5.32 Å². The Labute approximate surface area is 108 Å². The van der Waals surface area contributed by atoms with Gasteiger partial charge in [-0.05, 0) is 30.5 Å². The summed E-state index contributed by atoms with van der Waals surface area (Å²) < 4.78 is 5.34. The smallest absolute Gasteiger partial charge is 0.257 e. The molecule has 0 saturated carbocycles. The van der Waals surface area contributed by atoms with E-state index in [0.717, 1.165) is 12.0 Å². The van der Waals surface area contributed by atoms with Crippen molar-refractivity contribution in [2.75, 3.05) is 13.2 Å². The Balaban J connectivity index is 2.41. The zero-order valence-electron chi connectivity index (χ0n) is 11.0. The molecule has 0 saturated heterocycles. The van der Waals surface area contributed by atoms with Gasteiger partial charge in [0.1, 0.15) is 5.75 Å². The highest BCUT2D eigenvalue weighted by molar-refractivity contribution is 5.77. The van der Waals surface area contributed by atoms with Gasteiger partial charge < -0.3 is 15.2 Å². The van der Waals surface area contributed by atoms with Crippen molar-refractivity contribution in [1.29, 1.82) is 0 Å². The van der Waals surface area contributed by atoms with Crippen LogP contribution in [0.4, 0.5) is 0 Å². The van der Waals surface area contributed by atoms with Crippen molar-refractivity contribution in [2.24, 2.45) is 0 Å². The minimum atomic E-state index is -0.438. The van der Waals surface area contributed by atoms with Crippen LogP contribution in [0, 0.1) is 0 Å². The van der Waals surface area contributed by atoms with Gasteiger partial charge in [-0.3, -0.25) is 4.79 Å². The van der Waals surface area contributed by atoms with E-state index >= 15 is 0 Å². The quantitative estimate of drug-likeness (QED) is 0.779. The molecule has 0 radical (unpaired) electrons. The highest BCUT2D eigenvalue weighted by Gasteiger charge is 2.05. The molecule has 4 nitrogen and oxygen atoms in total. The van der Waals surface area contributed by atoms with E-state index in [1.165, 1.54) is 0 Å². The van der Waals surface area contributed by atoms with Crippen molar-refractivity contribution in [3.8, 4) is 5.75 Å². The Bertz CT molecular complexity index is 362. The van der Waals surface area contributed by atoms with Crippen LogP contribution in [-0.4, -0.2) is 24.2 Å². The number of hydrogen-bond acceptors (Lipinski definition) is 3. The van der Waals surface area contributed by atoms with Gasteiger partial charge >= 0.3 is 0 Å². The lowest BCUT2D eigenvalue weighted by Gasteiger charge is -2.10. The summed E-state index contributed by atoms with van der Waals surface area (Å²) in [6, 6.07) is 7.16. The second-order valence-electron chi connectivity index (χ2n) is 4.13. The summed E-state index contributed by atoms with van der Waals surface area (Å²) in [6.45, 7) is 4.62. The molecule has 0 aliphatic carbocycles. The molecule has 1 atom stereocenters. The molecule has 0 aliphatic rings. The van der Waals surface area contributed by atoms with Crippen molar-refractivity contribution in [2.45, 2.75) is 32.8 Å². The molecule has 1 aromatic carbocycles. The summed E-state index contributed by atoms with van der Waals surface area (Å²) in [4.78, 5) is 11.3. The van der Waals surface area contributed by atoms with Gasteiger partial charge in [0.2, 0.25) is 0 Å². The normalized spacial score (nSPS) is 11.9. The Hall–Kier alpha value is -1.55. The fourth-order valence-electron chi connectivity index (χ4n) is 1.49. The van der Waals surface area contributed by atoms with Crippen LogP contribution in [-0.2, 0) is 4.79 Å². The maximum atomic E-state index is 11.3. The summed E-state index contributed by atoms with van der Waals surface area (Å²) in [5.74, 6) is 0.517. The number of nitrogens with one attached hydrogen (secondary N) is 1. The molecule has 2 N–H and O–H groups in total. The second-order valence-corrected chi connectivity index (χ2v) is 4.13. The van der Waals surface area contributed by atoms with Gasteiger partial charge in [0, 0.05) is 6.54 Å². The predicted octanol–water partition coefficient (Wildman–Crippen LogP) is 2.04. The number of carbonyl (C=O) groups is 1. The van der Waals surface area contributed by atoms with Crippen LogP contribution in [0.1, 0.15) is 38.4 Å². The average molecular weight is 251 g/mol. The molecular formula is C14H21NO3. The SMILES string of the molecule is CCCNC(=O)COc1ccc([C@@H](O)CC)cc1. The van der Waals surface area contributed by atoms with Crippen molar-refractivity contribution in [3.05, 3.63) is 29.8 Å². The third-order valence-electron chi connectivity index (χ3n) is 2.59. The first-order chi connectivity index (χ1) is 8.67. The second kappa shape index (κ2) is 7.71. The Morgan fingerprint density at radius 3 is 2.56 bits per heavy atom. The molecule has 0 fully saturated rings. The molecule has 1 rings (SSSR count). The van der Waals surface area contributed by atoms with Crippen LogP contribution in [0.5, 0.6) is 5.75 Å². The molecule has 0 bridgehead atoms. The van der Waals surface area contributed by atoms with Crippen LogP contribution in [0.25, 0.3) is 0 Å². The van der Waals surface area contributed by atoms with E-state index in [-0.39, 0.29) is 12.5 Å². The van der Waals surface area contributed by atoms with Crippen LogP contribution in [0.2, 0.25) is 0 Å². The summed E-state index contributed by atoms with van der Waals surface area (Å²) >= 11 is 0. The van der Waals surface area contributed by atoms with E-state index in [1.54, 1.807) is 12.1 Å². The van der Waals surface area contributed by atoms with Crippen molar-refractivity contribution in [3.63, 3.8) is 0 Å². The zero-order valence-corrected chi connectivity index (χ0v) is 11.0. The molecule has 1 amide bonds. The lowest BCUT2D eigenvalue weighted by molar-refractivity contribution is -0.123. The number of carbonyl (C=O) groups excluding carboxylic acids is 1. The topological polar surface area (TPSA) is 58.6 Å². The van der Waals surface area contributed by atoms with Crippen LogP contribution < -0.4 is 10.1 Å². The van der Waals surface area contributed by atoms with E-state index in [9.17, 15) is 9.90 Å². The molecule has 100 valence electrons. The lowest BCUT2D eigenvalue weighted by atomic mass is 10.1. The van der Waals surface area contributed by atoms with Crippen molar-refractivity contribution in [1.82, 2.24) is 5.32 Å². The minimum absolute atomic E-state index is 0.0235. The standard InChI is InChI=1S/C14H21NO3/c1-3-9-15-14(17)10-18-12-7-5-11(6-8-12)13(16)4-2/h5-8,13,16H,3-4,9-10H2,1-2H3,(H,15,17)/t13-/m0/s1. The van der Waals surface area contributed by atoms with Gasteiger partial charge in [0.25, 0.3) is 5.91 Å². The lowest BCUT2D eigenvalue weighted by Crippen LogP contribution is -2.29. The van der Waals surface area contributed by atoms with Crippen LogP contribution in [0.15, 0.2) is 24.3 Å². The van der Waals surface area contributed by atoms with Gasteiger partial charge in [-0.1, -0.05) is 26.0 Å². The summed E-state index contributed by atoms with van der Waals surface area (Å²) in [5, 5.41) is 12.4. The first-order valence-electron chi connectivity index (χ1n) is 6.34. The number of rotatable bonds is 7. The van der Waals surface area contributed by atoms with Crippen molar-refractivity contribution < 1.29 is 14.6 Å². The molecule has 0 aromatic heterocycles. The summed E-state index contributed by atoms with van der Waals surface area (Å²) in [6.07, 6.45) is 1.15. The summed E-state index contributed by atoms with van der Waals surface area (Å²) in [7, 11) is 0. The number of ether oxygens (including phenoxy) is 1. The first-order valence-corrected chi connectivity index (χ1v) is 6.34. The highest BCUT2D eigenvalue weighted by atomic mass is 16.5. The van der Waals surface area contributed by atoms with Crippen LogP contribution in [0.3, 0.4) is 0 Å². The zero-order chi connectivity index (χ0) is 13.4. The van der Waals surface area contributed by atoms with Gasteiger partial charge in [0.05, 0.1) is 6.10 Å². The van der Waals surface area contributed by atoms with Gasteiger partial charge in [-0.2, -0.15) is 0 Å². The largest absolute Gasteiger partial charge is 0.484 e. The number of aliphatic hydroxyl groups is 1. The molecule has 0 heterocycles. The van der Waals surface area contributed by atoms with Gasteiger partial charge in [-0.25, -0.2) is 0 Å². The molecule has 0 aliphatic heterocycles. The van der Waals surface area contributed by atoms with E-state index < -0.39 is 6.10 Å². The third-order valence-corrected chi connectivity index (χ3v) is 2.59. The predicted molar refractivity (Wildman–Crippen MR) is 70.5 cm³/mol. The Morgan fingerprint density at radius 2 is 2.00 bits per heavy atom. The van der Waals surface area contributed by atoms with Gasteiger partial charge in [-0.15, -0.1) is 0 Å². The number of aliphatic hydroxyl groups excluding tert-OH is 1. The number of amides is 1. The molecule has 18 heavy (non-hydrogen) atoms. The molecule has 4 heteroatoms. The average Bonchev–Trinajstić information content (AvgIpc) is 2.42. The first kappa shape index (κ1) is 14.5. The van der Waals surface area contributed by atoms with E-state index in [4.69, 9.17) is 4.74 Å². The molecule has 0 unspecified atom stereocenters. The molecule has 0 spiro atoms. The fourth-order valence-corrected chi connectivity index (χ4v) is 1.49. The number of benzene rings is 1. The molecule has 1 aromatic rings.